The van der Waals surface area contributed by atoms with Crippen LogP contribution >= 0.6 is 0 Å². The Bertz CT molecular complexity index is 4720. The Morgan fingerprint density at radius 2 is 0.580 bits per heavy atom. The molecular formula is C111H156O27. The highest BCUT2D eigenvalue weighted by Gasteiger charge is 2.62. The van der Waals surface area contributed by atoms with Gasteiger partial charge < -0.3 is 73.6 Å². The number of hydrogen-bond donors (Lipinski definition) is 7. The molecule has 0 bridgehead atoms. The molecule has 0 aromatic rings. The zero-order valence-electron chi connectivity index (χ0n) is 85.4. The molecule has 0 radical (unpaired) electrons. The number of aliphatic hydroxyl groups is 7. The van der Waals surface area contributed by atoms with Gasteiger partial charge in [0.1, 0.15) is 65.8 Å². The Labute approximate surface area is 816 Å². The maximum atomic E-state index is 12.7. The first-order valence-corrected chi connectivity index (χ1v) is 48.9. The quantitative estimate of drug-likeness (QED) is 0.0240. The maximum absolute atomic E-state index is 12.7. The van der Waals surface area contributed by atoms with Crippen LogP contribution in [-0.4, -0.2) is 206 Å². The van der Waals surface area contributed by atoms with E-state index >= 15 is 0 Å². The Kier molecular flexibility index (Phi) is 43.3. The Hall–Kier alpha value is -9.58. The van der Waals surface area contributed by atoms with Gasteiger partial charge in [-0.15, -0.1) is 0 Å². The third-order valence-electron chi connectivity index (χ3n) is 28.2. The number of Topliss-reactive ketones (excluding diaryl/α,β-unsaturated/α-hetero) is 3. The van der Waals surface area contributed by atoms with Crippen LogP contribution in [0.25, 0.3) is 0 Å². The van der Waals surface area contributed by atoms with E-state index in [4.69, 9.17) is 37.9 Å². The van der Waals surface area contributed by atoms with Crippen LogP contribution < -0.4 is 0 Å². The molecule has 7 N–H and O–H groups in total. The van der Waals surface area contributed by atoms with Crippen LogP contribution in [0.15, 0.2) is 176 Å². The predicted molar refractivity (Wildman–Crippen MR) is 523 cm³/mol. The lowest BCUT2D eigenvalue weighted by molar-refractivity contribution is -0.149. The van der Waals surface area contributed by atoms with Gasteiger partial charge in [-0.25, -0.2) is 0 Å². The molecule has 3 saturated carbocycles. The van der Waals surface area contributed by atoms with Gasteiger partial charge in [0.25, 0.3) is 0 Å². The number of carbonyl (C=O) groups is 12. The largest absolute Gasteiger partial charge is 0.511 e. The molecule has 6 heterocycles. The van der Waals surface area contributed by atoms with E-state index in [-0.39, 0.29) is 148 Å². The summed E-state index contributed by atoms with van der Waals surface area (Å²) < 4.78 is 42.8. The van der Waals surface area contributed by atoms with Crippen molar-refractivity contribution in [3.8, 4) is 0 Å². The molecule has 0 amide bonds. The minimum atomic E-state index is -1.21. The van der Waals surface area contributed by atoms with E-state index in [2.05, 4.69) is 98.8 Å². The molecule has 27 nitrogen and oxygen atoms in total. The van der Waals surface area contributed by atoms with Crippen LogP contribution in [0.5, 0.6) is 0 Å². The molecule has 12 rings (SSSR count). The standard InChI is InChI=1S/2C19H28O5.C19H26O3.C18H26O5.C18H24O5.C18H24O4/c2*1-12(2)6-5-7-13(3)8-17-19(11-18(22)24-17)10-14(20)15(23-4)9-16(19)21;1-13(2)6-5-7-14(3)10-17-19(12-18(21)22-17)11-15(4)8-9-16(19)20;2*1-11(2)5-4-6-12(3)7-16-18(10-17(22)23-16)9-14(20)13(19)8-15(18)21;1-12(2)5-4-6-13(3)9-16-18(11-17(21)22-16)10-14(19)7-8-15(18)20/h2*6,8,14-15,17,20H,5,7,9-11H2,1-4H3;6,8-10,15,17H,5,7,11-12H2,1-4H3;5,7,13-14,16,19-20H,4,6,8-10H2,1-3H3;5,7-8,14,16,20-21H,4,6,9-10H2,1-3H3;5,7-9,14,16,19H,4,6,10-11H2,1-3H3/b2*13-8+;14-10+;2*12-7+;13-9+/t14-,15+,17+,19?;14-,15-,17+,19?;15-,17-,19?;13-,14+,16-,18?;14-,16+,18?;14-,16-,18?/m001101/s1. The monoisotopic (exact) mass is 1920 g/mol. The van der Waals surface area contributed by atoms with Crippen LogP contribution in [0.2, 0.25) is 0 Å². The van der Waals surface area contributed by atoms with Crippen molar-refractivity contribution in [2.24, 2.45) is 38.4 Å². The van der Waals surface area contributed by atoms with Crippen molar-refractivity contribution in [3.05, 3.63) is 176 Å². The highest BCUT2D eigenvalue weighted by atomic mass is 16.6. The lowest BCUT2D eigenvalue weighted by atomic mass is 9.66. The number of aliphatic hydroxyl groups excluding tert-OH is 7. The highest BCUT2D eigenvalue weighted by molar-refractivity contribution is 6.02. The fraction of sp³-hybridized carbons (Fsp3) is 0.622. The molecule has 6 aliphatic heterocycles. The number of carbonyl (C=O) groups excluding carboxylic acids is 12. The smallest absolute Gasteiger partial charge is 0.307 e. The summed E-state index contributed by atoms with van der Waals surface area (Å²) >= 11 is 0. The van der Waals surface area contributed by atoms with E-state index in [9.17, 15) is 93.3 Å². The molecule has 21 atom stereocenters. The number of ketones is 6. The molecule has 27 heteroatoms. The predicted octanol–water partition coefficient (Wildman–Crippen LogP) is 17.3. The van der Waals surface area contributed by atoms with Gasteiger partial charge in [0.2, 0.25) is 0 Å². The average molecular weight is 1920 g/mol. The minimum absolute atomic E-state index is 0.00231. The molecule has 6 aliphatic carbocycles. The topological polar surface area (TPSA) is 420 Å². The summed E-state index contributed by atoms with van der Waals surface area (Å²) in [5.74, 6) is -2.99. The van der Waals surface area contributed by atoms with Crippen molar-refractivity contribution < 1.29 is 131 Å². The molecule has 6 spiro atoms. The second-order valence-corrected chi connectivity index (χ2v) is 41.8. The first kappa shape index (κ1) is 115. The van der Waals surface area contributed by atoms with Gasteiger partial charge in [-0.05, 0) is 295 Å². The maximum Gasteiger partial charge on any atom is 0.307 e. The number of ether oxygens (including phenoxy) is 8. The Balaban J connectivity index is 0.000000225. The van der Waals surface area contributed by atoms with Crippen molar-refractivity contribution in [2.45, 2.75) is 390 Å². The number of allylic oxidation sites excluding steroid dienone is 21. The molecule has 0 aromatic carbocycles. The fourth-order valence-corrected chi connectivity index (χ4v) is 20.2. The summed E-state index contributed by atoms with van der Waals surface area (Å²) in [5, 5.41) is 70.2. The molecule has 6 unspecified atom stereocenters. The lowest BCUT2D eigenvalue weighted by Gasteiger charge is -2.39. The number of rotatable bonds is 26. The highest BCUT2D eigenvalue weighted by Crippen LogP contribution is 2.53. The van der Waals surface area contributed by atoms with Gasteiger partial charge in [-0.3, -0.25) is 57.5 Å². The second-order valence-electron chi connectivity index (χ2n) is 41.8. The SMILES string of the molecule is CC(C)=CCC/C(C)=C/[C@H]1OC(=O)CC12C[C@H](C)C=CC2=O.CC(C)=CCC/C(C)=C/[C@H]1OC(=O)CC12C[C@H](O)C(=O)C=C2O.CC(C)=CCC/C(C)=C/[C@H]1OC(=O)CC12C[C@H](O)C=CC2=O.CC(C)=CCC/C(C)=C/[C@H]1OC(=O)CC12C[C@H](O)[C@H](O)CC2=O.CO[C@@H]1CC(=O)C2(CC(=O)O[C@@H]2/C=C(\C)CCC=C(C)C)C[C@@H]1O.CO[C@H]1CC(=O)C2(CC(=O)O[C@@H]2/C=C(\C)CCC=C(C)C)C[C@@H]1O. The van der Waals surface area contributed by atoms with E-state index < -0.39 is 136 Å². The molecule has 12 aliphatic rings. The number of methoxy groups -OCH3 is 2. The van der Waals surface area contributed by atoms with Gasteiger partial charge in [-0.1, -0.05) is 122 Å². The van der Waals surface area contributed by atoms with Crippen LogP contribution in [0.3, 0.4) is 0 Å². The molecule has 9 fully saturated rings. The Morgan fingerprint density at radius 1 is 0.326 bits per heavy atom. The van der Waals surface area contributed by atoms with Crippen LogP contribution in [0.1, 0.15) is 305 Å². The Morgan fingerprint density at radius 3 is 0.877 bits per heavy atom. The fourth-order valence-electron chi connectivity index (χ4n) is 20.2. The van der Waals surface area contributed by atoms with E-state index in [0.717, 1.165) is 111 Å². The zero-order valence-corrected chi connectivity index (χ0v) is 85.4. The van der Waals surface area contributed by atoms with E-state index in [1.54, 1.807) is 6.08 Å². The van der Waals surface area contributed by atoms with E-state index in [1.165, 1.54) is 65.4 Å². The summed E-state index contributed by atoms with van der Waals surface area (Å²) in [6, 6.07) is 0. The number of hydrogen-bond acceptors (Lipinski definition) is 27. The van der Waals surface area contributed by atoms with Crippen molar-refractivity contribution in [1.29, 1.82) is 0 Å². The van der Waals surface area contributed by atoms with Crippen molar-refractivity contribution in [1.82, 2.24) is 0 Å². The zero-order chi connectivity index (χ0) is 103. The number of cyclic esters (lactones) is 6. The molecule has 0 aromatic heterocycles. The van der Waals surface area contributed by atoms with Crippen molar-refractivity contribution >= 4 is 70.5 Å². The summed E-state index contributed by atoms with van der Waals surface area (Å²) in [5.41, 5.74) is 8.60. The average Bonchev–Trinajstić information content (AvgIpc) is 1.52. The molecule has 6 saturated heterocycles. The summed E-state index contributed by atoms with van der Waals surface area (Å²) in [4.78, 5) is 145. The summed E-state index contributed by atoms with van der Waals surface area (Å²) in [6.45, 7) is 38.7. The van der Waals surface area contributed by atoms with E-state index in [1.807, 2.05) is 112 Å². The van der Waals surface area contributed by atoms with Crippen molar-refractivity contribution in [3.63, 3.8) is 0 Å². The normalized spacial score (nSPS) is 32.7. The second kappa shape index (κ2) is 51.7. The van der Waals surface area contributed by atoms with Gasteiger partial charge in [0, 0.05) is 39.6 Å². The van der Waals surface area contributed by atoms with E-state index in [0.29, 0.717) is 12.3 Å². The van der Waals surface area contributed by atoms with Gasteiger partial charge in [0.15, 0.2) is 17.3 Å². The third kappa shape index (κ3) is 31.2. The van der Waals surface area contributed by atoms with Crippen LogP contribution in [0, 0.1) is 38.4 Å². The van der Waals surface area contributed by atoms with Crippen LogP contribution in [0.4, 0.5) is 0 Å². The van der Waals surface area contributed by atoms with Gasteiger partial charge in [0.05, 0.1) is 114 Å². The minimum Gasteiger partial charge on any atom is -0.511 e. The summed E-state index contributed by atoms with van der Waals surface area (Å²) in [7, 11) is 2.97. The molecular weight excluding hydrogens is 1770 g/mol. The summed E-state index contributed by atoms with van der Waals surface area (Å²) in [6.07, 6.45) is 34.3. The molecule has 762 valence electrons. The first-order valence-electron chi connectivity index (χ1n) is 48.9. The van der Waals surface area contributed by atoms with Crippen molar-refractivity contribution in [2.75, 3.05) is 14.2 Å². The van der Waals surface area contributed by atoms with Gasteiger partial charge >= 0.3 is 35.8 Å². The lowest BCUT2D eigenvalue weighted by Crippen LogP contribution is -2.51. The molecule has 138 heavy (non-hydrogen) atoms. The first-order chi connectivity index (χ1) is 64.7. The van der Waals surface area contributed by atoms with Gasteiger partial charge in [-0.2, -0.15) is 0 Å². The number of esters is 6. The third-order valence-corrected chi connectivity index (χ3v) is 28.2. The van der Waals surface area contributed by atoms with Crippen LogP contribution in [-0.2, 0) is 95.4 Å².